The van der Waals surface area contributed by atoms with Gasteiger partial charge < -0.3 is 20.3 Å². The van der Waals surface area contributed by atoms with Gasteiger partial charge in [0.2, 0.25) is 5.91 Å². The first-order valence-corrected chi connectivity index (χ1v) is 16.5. The fraction of sp³-hybridized carbons (Fsp3) is 0.471. The first-order chi connectivity index (χ1) is 21.9. The van der Waals surface area contributed by atoms with Gasteiger partial charge in [-0.2, -0.15) is 9.97 Å². The molecule has 1 amide bonds. The molecule has 0 spiro atoms. The summed E-state index contributed by atoms with van der Waals surface area (Å²) in [6, 6.07) is 12.6. The van der Waals surface area contributed by atoms with E-state index >= 15 is 4.39 Å². The third kappa shape index (κ3) is 5.07. The van der Waals surface area contributed by atoms with Gasteiger partial charge in [0.25, 0.3) is 0 Å². The molecule has 4 atom stereocenters. The van der Waals surface area contributed by atoms with E-state index in [1.165, 1.54) is 0 Å². The summed E-state index contributed by atoms with van der Waals surface area (Å²) in [5, 5.41) is 9.46. The maximum absolute atomic E-state index is 16.7. The predicted molar refractivity (Wildman–Crippen MR) is 173 cm³/mol. The smallest absolute Gasteiger partial charge is 0.319 e. The van der Waals surface area contributed by atoms with Crippen molar-refractivity contribution in [3.05, 3.63) is 53.4 Å². The van der Waals surface area contributed by atoms with E-state index in [1.807, 2.05) is 36.4 Å². The normalized spacial score (nSPS) is 26.1. The Morgan fingerprint density at radius 2 is 1.93 bits per heavy atom. The van der Waals surface area contributed by atoms with Gasteiger partial charge in [-0.15, -0.1) is 0 Å². The van der Waals surface area contributed by atoms with Gasteiger partial charge in [-0.25, -0.2) is 4.39 Å². The molecule has 6 heterocycles. The Bertz CT molecular complexity index is 1790. The zero-order valence-electron chi connectivity index (χ0n) is 25.4. The summed E-state index contributed by atoms with van der Waals surface area (Å²) >= 11 is 6.63. The molecule has 234 valence electrons. The van der Waals surface area contributed by atoms with Gasteiger partial charge in [0, 0.05) is 66.9 Å². The van der Waals surface area contributed by atoms with Gasteiger partial charge in [-0.3, -0.25) is 14.7 Å². The largest absolute Gasteiger partial charge is 0.461 e. The van der Waals surface area contributed by atoms with Crippen molar-refractivity contribution in [1.82, 2.24) is 30.5 Å². The van der Waals surface area contributed by atoms with Crippen molar-refractivity contribution in [3.8, 4) is 17.3 Å². The Morgan fingerprint density at radius 1 is 1.13 bits per heavy atom. The van der Waals surface area contributed by atoms with Crippen molar-refractivity contribution in [3.63, 3.8) is 0 Å². The summed E-state index contributed by atoms with van der Waals surface area (Å²) in [5.74, 6) is 0.143. The predicted octanol–water partition coefficient (Wildman–Crippen LogP) is 5.09. The lowest BCUT2D eigenvalue weighted by molar-refractivity contribution is -0.119. The minimum absolute atomic E-state index is 0.0111. The number of amides is 1. The summed E-state index contributed by atoms with van der Waals surface area (Å²) in [7, 11) is 0. The number of benzene rings is 2. The number of hydrogen-bond acceptors (Lipinski definition) is 8. The monoisotopic (exact) mass is 629 g/mol. The van der Waals surface area contributed by atoms with E-state index in [0.717, 1.165) is 68.9 Å². The highest BCUT2D eigenvalue weighted by Gasteiger charge is 2.49. The summed E-state index contributed by atoms with van der Waals surface area (Å²) in [6.07, 6.45) is 7.99. The number of pyridine rings is 1. The fourth-order valence-electron chi connectivity index (χ4n) is 8.27. The number of piperazine rings is 1. The molecule has 4 aliphatic heterocycles. The number of rotatable bonds is 7. The van der Waals surface area contributed by atoms with E-state index in [9.17, 15) is 4.79 Å². The number of ether oxygens (including phenoxy) is 1. The lowest BCUT2D eigenvalue weighted by Gasteiger charge is -2.35. The number of anilines is 1. The molecule has 4 fully saturated rings. The lowest BCUT2D eigenvalue weighted by Crippen LogP contribution is -2.51. The number of carbonyl (C=O) groups excluding carboxylic acids is 1. The molecule has 45 heavy (non-hydrogen) atoms. The molecule has 4 aromatic rings. The van der Waals surface area contributed by atoms with Gasteiger partial charge in [0.1, 0.15) is 23.6 Å². The zero-order chi connectivity index (χ0) is 30.7. The Kier molecular flexibility index (Phi) is 7.26. The Balaban J connectivity index is 1.18. The van der Waals surface area contributed by atoms with E-state index in [4.69, 9.17) is 26.3 Å². The topological polar surface area (TPSA) is 95.5 Å². The number of nitrogens with one attached hydrogen (secondary N) is 2. The fourth-order valence-corrected chi connectivity index (χ4v) is 8.55. The van der Waals surface area contributed by atoms with Crippen LogP contribution in [0.15, 0.2) is 42.6 Å². The van der Waals surface area contributed by atoms with Gasteiger partial charge >= 0.3 is 6.01 Å². The number of fused-ring (bicyclic) bond motifs is 5. The second kappa shape index (κ2) is 11.3. The molecule has 2 aromatic carbocycles. The summed E-state index contributed by atoms with van der Waals surface area (Å²) < 4.78 is 23.2. The van der Waals surface area contributed by atoms with Gasteiger partial charge in [0.05, 0.1) is 10.9 Å². The Hall–Kier alpha value is -3.60. The molecular formula is C34H37ClFN7O2. The molecule has 0 aliphatic carbocycles. The standard InChI is InChI=1S/C34H37ClFN7O2/c1-20(44)37-15-24-11-13-34(12-4-14-43(24)34)19-45-33-40-31-26(32(41-33)42-17-22-9-10-23(18-42)39-22)16-38-30(29(31)36)25-7-2-5-21-6-3-8-27(35)28(21)25/h2-3,5-8,16,22-24,39H,4,9-15,17-19H2,1H3,(H,37,44)/t22?,23?,24-,34-/m1/s1. The number of hydrogen-bond donors (Lipinski definition) is 2. The molecule has 4 aliphatic rings. The van der Waals surface area contributed by atoms with Crippen LogP contribution in [0.1, 0.15) is 45.4 Å². The van der Waals surface area contributed by atoms with Crippen LogP contribution in [0.25, 0.3) is 32.9 Å². The van der Waals surface area contributed by atoms with Crippen molar-refractivity contribution in [2.75, 3.05) is 37.7 Å². The second-order valence-electron chi connectivity index (χ2n) is 13.1. The minimum atomic E-state index is -0.511. The van der Waals surface area contributed by atoms with Gasteiger partial charge in [0.15, 0.2) is 5.82 Å². The van der Waals surface area contributed by atoms with Crippen molar-refractivity contribution in [2.24, 2.45) is 0 Å². The molecule has 9 nitrogen and oxygen atoms in total. The molecule has 2 N–H and O–H groups in total. The van der Waals surface area contributed by atoms with Crippen LogP contribution in [0.5, 0.6) is 6.01 Å². The highest BCUT2D eigenvalue weighted by Crippen LogP contribution is 2.43. The first kappa shape index (κ1) is 28.8. The average molecular weight is 630 g/mol. The van der Waals surface area contributed by atoms with E-state index in [0.29, 0.717) is 47.0 Å². The van der Waals surface area contributed by atoms with Crippen molar-refractivity contribution in [2.45, 2.75) is 69.1 Å². The maximum Gasteiger partial charge on any atom is 0.319 e. The molecule has 0 saturated carbocycles. The van der Waals surface area contributed by atoms with Crippen molar-refractivity contribution < 1.29 is 13.9 Å². The number of nitrogens with zero attached hydrogens (tertiary/aromatic N) is 5. The molecule has 2 aromatic heterocycles. The van der Waals surface area contributed by atoms with Crippen LogP contribution in [0.2, 0.25) is 5.02 Å². The molecule has 4 saturated heterocycles. The molecule has 2 unspecified atom stereocenters. The maximum atomic E-state index is 16.7. The zero-order valence-corrected chi connectivity index (χ0v) is 26.1. The van der Waals surface area contributed by atoms with E-state index < -0.39 is 5.82 Å². The van der Waals surface area contributed by atoms with Gasteiger partial charge in [-0.1, -0.05) is 41.9 Å². The highest BCUT2D eigenvalue weighted by molar-refractivity contribution is 6.36. The summed E-state index contributed by atoms with van der Waals surface area (Å²) in [4.78, 5) is 30.7. The third-order valence-corrected chi connectivity index (χ3v) is 10.7. The molecule has 2 bridgehead atoms. The van der Waals surface area contributed by atoms with Crippen LogP contribution in [-0.2, 0) is 4.79 Å². The van der Waals surface area contributed by atoms with Crippen LogP contribution < -0.4 is 20.3 Å². The van der Waals surface area contributed by atoms with Crippen LogP contribution in [0.4, 0.5) is 10.2 Å². The van der Waals surface area contributed by atoms with E-state index in [-0.39, 0.29) is 34.7 Å². The average Bonchev–Trinajstić information content (AvgIpc) is 3.71. The summed E-state index contributed by atoms with van der Waals surface area (Å²) in [5.41, 5.74) is 0.884. The molecular weight excluding hydrogens is 593 g/mol. The quantitative estimate of drug-likeness (QED) is 0.292. The Morgan fingerprint density at radius 3 is 2.73 bits per heavy atom. The molecule has 0 radical (unpaired) electrons. The second-order valence-corrected chi connectivity index (χ2v) is 13.5. The third-order valence-electron chi connectivity index (χ3n) is 10.4. The number of aromatic nitrogens is 3. The van der Waals surface area contributed by atoms with Crippen molar-refractivity contribution in [1.29, 1.82) is 0 Å². The molecule has 11 heteroatoms. The Labute approximate surface area is 266 Å². The highest BCUT2D eigenvalue weighted by atomic mass is 35.5. The van der Waals surface area contributed by atoms with Crippen LogP contribution >= 0.6 is 11.6 Å². The van der Waals surface area contributed by atoms with E-state index in [1.54, 1.807) is 13.1 Å². The van der Waals surface area contributed by atoms with Crippen LogP contribution in [0, 0.1) is 5.82 Å². The molecule has 8 rings (SSSR count). The number of carbonyl (C=O) groups is 1. The SMILES string of the molecule is CC(=O)NC[C@H]1CC[C@@]2(COc3nc(N4CC5CCC(C4)N5)c4cnc(-c5cccc6cccc(Cl)c56)c(F)c4n3)CCCN12. The minimum Gasteiger partial charge on any atom is -0.461 e. The first-order valence-electron chi connectivity index (χ1n) is 16.1. The van der Waals surface area contributed by atoms with Crippen LogP contribution in [0.3, 0.4) is 0 Å². The lowest BCUT2D eigenvalue weighted by atomic mass is 9.95. The van der Waals surface area contributed by atoms with E-state index in [2.05, 4.69) is 25.4 Å². The van der Waals surface area contributed by atoms with Crippen molar-refractivity contribution >= 4 is 45.0 Å². The van der Waals surface area contributed by atoms with Gasteiger partial charge in [-0.05, 0) is 56.5 Å². The summed E-state index contributed by atoms with van der Waals surface area (Å²) in [6.45, 7) is 5.15. The van der Waals surface area contributed by atoms with Crippen LogP contribution in [-0.4, -0.2) is 82.2 Å². The number of halogens is 2.